The Morgan fingerprint density at radius 1 is 1.37 bits per heavy atom. The number of carbonyl (C=O) groups excluding carboxylic acids is 2. The molecule has 5 heteroatoms. The number of likely N-dealkylation sites (tertiary alicyclic amines) is 1. The Morgan fingerprint density at radius 2 is 2.11 bits per heavy atom. The van der Waals surface area contributed by atoms with E-state index in [0.29, 0.717) is 25.8 Å². The maximum Gasteiger partial charge on any atom is 0.222 e. The molecule has 0 aromatic carbocycles. The Hall–Kier alpha value is -1.10. The molecule has 1 fully saturated rings. The molecule has 19 heavy (non-hydrogen) atoms. The predicted octanol–water partition coefficient (Wildman–Crippen LogP) is 1.02. The largest absolute Gasteiger partial charge is 0.356 e. The van der Waals surface area contributed by atoms with Gasteiger partial charge in [0.25, 0.3) is 0 Å². The Kier molecular flexibility index (Phi) is 6.84. The average Bonchev–Trinajstić information content (AvgIpc) is 2.38. The Morgan fingerprint density at radius 3 is 2.74 bits per heavy atom. The van der Waals surface area contributed by atoms with Gasteiger partial charge in [-0.25, -0.2) is 0 Å². The molecule has 1 aliphatic rings. The number of amides is 2. The van der Waals surface area contributed by atoms with Crippen molar-refractivity contribution >= 4 is 11.8 Å². The van der Waals surface area contributed by atoms with Crippen LogP contribution in [0.3, 0.4) is 0 Å². The van der Waals surface area contributed by atoms with Crippen LogP contribution in [0, 0.1) is 0 Å². The van der Waals surface area contributed by atoms with E-state index in [1.165, 1.54) is 0 Å². The molecule has 0 aliphatic carbocycles. The van der Waals surface area contributed by atoms with Crippen molar-refractivity contribution < 1.29 is 9.59 Å². The topological polar surface area (TPSA) is 75.4 Å². The molecule has 5 nitrogen and oxygen atoms in total. The number of hydrogen-bond donors (Lipinski definition) is 2. The van der Waals surface area contributed by atoms with Crippen LogP contribution in [0.1, 0.15) is 52.4 Å². The van der Waals surface area contributed by atoms with E-state index in [9.17, 15) is 9.59 Å². The number of carbonyl (C=O) groups is 2. The summed E-state index contributed by atoms with van der Waals surface area (Å²) in [5.74, 6) is 0.170. The zero-order valence-electron chi connectivity index (χ0n) is 12.2. The lowest BCUT2D eigenvalue weighted by molar-refractivity contribution is -0.135. The van der Waals surface area contributed by atoms with Crippen molar-refractivity contribution in [3.63, 3.8) is 0 Å². The van der Waals surface area contributed by atoms with Gasteiger partial charge in [0.05, 0.1) is 0 Å². The van der Waals surface area contributed by atoms with Crippen LogP contribution in [0.5, 0.6) is 0 Å². The summed E-state index contributed by atoms with van der Waals surface area (Å²) < 4.78 is 0. The molecule has 0 radical (unpaired) electrons. The highest BCUT2D eigenvalue weighted by atomic mass is 16.2. The normalized spacial score (nSPS) is 21.0. The van der Waals surface area contributed by atoms with E-state index in [2.05, 4.69) is 5.32 Å². The maximum atomic E-state index is 12.2. The van der Waals surface area contributed by atoms with Gasteiger partial charge in [-0.15, -0.1) is 0 Å². The van der Waals surface area contributed by atoms with E-state index in [1.807, 2.05) is 18.7 Å². The van der Waals surface area contributed by atoms with Gasteiger partial charge in [0, 0.05) is 38.0 Å². The Balaban J connectivity index is 2.36. The van der Waals surface area contributed by atoms with Crippen LogP contribution >= 0.6 is 0 Å². The number of nitrogens with two attached hydrogens (primary N) is 1. The van der Waals surface area contributed by atoms with Gasteiger partial charge in [0.1, 0.15) is 0 Å². The van der Waals surface area contributed by atoms with E-state index < -0.39 is 0 Å². The Bertz CT molecular complexity index is 305. The number of rotatable bonds is 6. The standard InChI is InChI=1S/C14H27N3O2/c1-3-16-13(18)8-6-9-14(19)17-10-5-4-7-12(17)11(2)15/h11-12H,3-10,15H2,1-2H3,(H,16,18). The smallest absolute Gasteiger partial charge is 0.222 e. The van der Waals surface area contributed by atoms with E-state index >= 15 is 0 Å². The van der Waals surface area contributed by atoms with Crippen LogP contribution in [0.4, 0.5) is 0 Å². The fraction of sp³-hybridized carbons (Fsp3) is 0.857. The molecule has 110 valence electrons. The summed E-state index contributed by atoms with van der Waals surface area (Å²) in [6.07, 6.45) is 4.70. The molecule has 1 saturated heterocycles. The lowest BCUT2D eigenvalue weighted by atomic mass is 9.96. The zero-order valence-corrected chi connectivity index (χ0v) is 12.2. The highest BCUT2D eigenvalue weighted by molar-refractivity contribution is 5.79. The van der Waals surface area contributed by atoms with Crippen LogP contribution in [-0.2, 0) is 9.59 Å². The SMILES string of the molecule is CCNC(=O)CCCC(=O)N1CCCCC1C(C)N. The summed E-state index contributed by atoms with van der Waals surface area (Å²) in [6.45, 7) is 5.31. The molecule has 1 aliphatic heterocycles. The van der Waals surface area contributed by atoms with E-state index in [0.717, 1.165) is 25.8 Å². The van der Waals surface area contributed by atoms with E-state index in [-0.39, 0.29) is 23.9 Å². The van der Waals surface area contributed by atoms with Crippen molar-refractivity contribution in [3.05, 3.63) is 0 Å². The summed E-state index contributed by atoms with van der Waals surface area (Å²) in [6, 6.07) is 0.193. The van der Waals surface area contributed by atoms with Gasteiger partial charge in [-0.2, -0.15) is 0 Å². The lowest BCUT2D eigenvalue weighted by Crippen LogP contribution is -2.51. The highest BCUT2D eigenvalue weighted by Gasteiger charge is 2.28. The minimum atomic E-state index is 0.0210. The van der Waals surface area contributed by atoms with E-state index in [4.69, 9.17) is 5.73 Å². The zero-order chi connectivity index (χ0) is 14.3. The molecule has 1 rings (SSSR count). The van der Waals surface area contributed by atoms with Gasteiger partial charge < -0.3 is 16.0 Å². The molecule has 3 N–H and O–H groups in total. The van der Waals surface area contributed by atoms with Crippen molar-refractivity contribution in [2.75, 3.05) is 13.1 Å². The molecule has 0 spiro atoms. The van der Waals surface area contributed by atoms with Gasteiger partial charge in [0.15, 0.2) is 0 Å². The molecule has 0 bridgehead atoms. The fourth-order valence-electron chi connectivity index (χ4n) is 2.64. The van der Waals surface area contributed by atoms with Crippen LogP contribution in [0.15, 0.2) is 0 Å². The monoisotopic (exact) mass is 269 g/mol. The molecular weight excluding hydrogens is 242 g/mol. The summed E-state index contributed by atoms with van der Waals surface area (Å²) >= 11 is 0. The third-order valence-corrected chi connectivity index (χ3v) is 3.64. The minimum absolute atomic E-state index is 0.0210. The van der Waals surface area contributed by atoms with Crippen LogP contribution in [0.25, 0.3) is 0 Å². The van der Waals surface area contributed by atoms with Gasteiger partial charge in [-0.1, -0.05) is 0 Å². The average molecular weight is 269 g/mol. The Labute approximate surface area is 115 Å². The molecule has 2 unspecified atom stereocenters. The van der Waals surface area contributed by atoms with Gasteiger partial charge in [0.2, 0.25) is 11.8 Å². The quantitative estimate of drug-likeness (QED) is 0.756. The summed E-state index contributed by atoms with van der Waals surface area (Å²) in [4.78, 5) is 25.4. The second-order valence-electron chi connectivity index (χ2n) is 5.32. The number of hydrogen-bond acceptors (Lipinski definition) is 3. The van der Waals surface area contributed by atoms with Crippen molar-refractivity contribution in [1.82, 2.24) is 10.2 Å². The highest BCUT2D eigenvalue weighted by Crippen LogP contribution is 2.20. The molecule has 0 aromatic heterocycles. The first-order valence-corrected chi connectivity index (χ1v) is 7.38. The van der Waals surface area contributed by atoms with E-state index in [1.54, 1.807) is 0 Å². The third kappa shape index (κ3) is 5.19. The second kappa shape index (κ2) is 8.15. The third-order valence-electron chi connectivity index (χ3n) is 3.64. The number of piperidine rings is 1. The lowest BCUT2D eigenvalue weighted by Gasteiger charge is -2.38. The maximum absolute atomic E-state index is 12.2. The summed E-state index contributed by atoms with van der Waals surface area (Å²) in [5.41, 5.74) is 5.95. The van der Waals surface area contributed by atoms with Crippen molar-refractivity contribution in [1.29, 1.82) is 0 Å². The fourth-order valence-corrected chi connectivity index (χ4v) is 2.64. The first kappa shape index (κ1) is 16.0. The second-order valence-corrected chi connectivity index (χ2v) is 5.32. The number of nitrogens with zero attached hydrogens (tertiary/aromatic N) is 1. The van der Waals surface area contributed by atoms with Crippen LogP contribution < -0.4 is 11.1 Å². The predicted molar refractivity (Wildman–Crippen MR) is 75.5 cm³/mol. The van der Waals surface area contributed by atoms with Gasteiger partial charge in [-0.05, 0) is 39.5 Å². The first-order valence-electron chi connectivity index (χ1n) is 7.38. The van der Waals surface area contributed by atoms with Crippen LogP contribution in [-0.4, -0.2) is 41.9 Å². The van der Waals surface area contributed by atoms with Crippen molar-refractivity contribution in [3.8, 4) is 0 Å². The summed E-state index contributed by atoms with van der Waals surface area (Å²) in [5, 5.41) is 2.74. The van der Waals surface area contributed by atoms with Crippen molar-refractivity contribution in [2.24, 2.45) is 5.73 Å². The molecule has 0 aromatic rings. The molecule has 0 saturated carbocycles. The number of nitrogens with one attached hydrogen (secondary N) is 1. The molecule has 2 amide bonds. The summed E-state index contributed by atoms with van der Waals surface area (Å²) in [7, 11) is 0. The van der Waals surface area contributed by atoms with Gasteiger partial charge in [-0.3, -0.25) is 9.59 Å². The first-order chi connectivity index (χ1) is 9.06. The minimum Gasteiger partial charge on any atom is -0.356 e. The van der Waals surface area contributed by atoms with Gasteiger partial charge >= 0.3 is 0 Å². The van der Waals surface area contributed by atoms with Crippen molar-refractivity contribution in [2.45, 2.75) is 64.5 Å². The molecule has 2 atom stereocenters. The molecule has 1 heterocycles. The van der Waals surface area contributed by atoms with Crippen LogP contribution in [0.2, 0.25) is 0 Å². The molecular formula is C14H27N3O2.